The third-order valence-electron chi connectivity index (χ3n) is 4.54. The average molecular weight is 347 g/mol. The van der Waals surface area contributed by atoms with E-state index in [0.29, 0.717) is 57.2 Å². The van der Waals surface area contributed by atoms with E-state index in [-0.39, 0.29) is 17.5 Å². The number of piperidine rings is 1. The first kappa shape index (κ1) is 17.8. The summed E-state index contributed by atoms with van der Waals surface area (Å²) in [5.74, 6) is -0.493. The summed E-state index contributed by atoms with van der Waals surface area (Å²) in [4.78, 5) is 30.7. The van der Waals surface area contributed by atoms with E-state index in [1.54, 1.807) is 17.0 Å². The Morgan fingerprint density at radius 3 is 2.60 bits per heavy atom. The van der Waals surface area contributed by atoms with Crippen LogP contribution in [-0.2, 0) is 9.47 Å². The van der Waals surface area contributed by atoms with Crippen molar-refractivity contribution in [1.82, 2.24) is 15.2 Å². The monoisotopic (exact) mass is 347 g/mol. The van der Waals surface area contributed by atoms with Gasteiger partial charge in [0.1, 0.15) is 5.69 Å². The summed E-state index contributed by atoms with van der Waals surface area (Å²) in [5.41, 5.74) is 0.747. The number of amides is 2. The van der Waals surface area contributed by atoms with Crippen molar-refractivity contribution in [3.63, 3.8) is 0 Å². The minimum atomic E-state index is -0.503. The van der Waals surface area contributed by atoms with Gasteiger partial charge in [-0.3, -0.25) is 14.6 Å². The van der Waals surface area contributed by atoms with Crippen LogP contribution in [0.4, 0.5) is 0 Å². The van der Waals surface area contributed by atoms with Crippen LogP contribution >= 0.6 is 0 Å². The Balaban J connectivity index is 1.62. The van der Waals surface area contributed by atoms with Crippen molar-refractivity contribution >= 4 is 11.8 Å². The van der Waals surface area contributed by atoms with Crippen molar-refractivity contribution in [1.29, 1.82) is 0 Å². The molecule has 0 atom stereocenters. The van der Waals surface area contributed by atoms with Gasteiger partial charge in [0.15, 0.2) is 5.79 Å². The Morgan fingerprint density at radius 1 is 1.28 bits per heavy atom. The largest absolute Gasteiger partial charge is 0.350 e. The first-order valence-corrected chi connectivity index (χ1v) is 8.80. The lowest BCUT2D eigenvalue weighted by Crippen LogP contribution is -2.47. The van der Waals surface area contributed by atoms with Gasteiger partial charge in [0.25, 0.3) is 11.8 Å². The van der Waals surface area contributed by atoms with Gasteiger partial charge in [0.2, 0.25) is 0 Å². The van der Waals surface area contributed by atoms with Gasteiger partial charge in [-0.25, -0.2) is 0 Å². The van der Waals surface area contributed by atoms with E-state index in [1.807, 2.05) is 13.8 Å². The summed E-state index contributed by atoms with van der Waals surface area (Å²) < 4.78 is 11.4. The predicted molar refractivity (Wildman–Crippen MR) is 91.2 cm³/mol. The molecule has 136 valence electrons. The van der Waals surface area contributed by atoms with Crippen molar-refractivity contribution in [2.24, 2.45) is 5.92 Å². The van der Waals surface area contributed by atoms with Crippen LogP contribution in [0.25, 0.3) is 0 Å². The lowest BCUT2D eigenvalue weighted by molar-refractivity contribution is -0.181. The molecule has 2 aliphatic rings. The highest BCUT2D eigenvalue weighted by Crippen LogP contribution is 2.31. The highest BCUT2D eigenvalue weighted by Gasteiger charge is 2.40. The summed E-state index contributed by atoms with van der Waals surface area (Å²) in [6, 6.07) is 3.21. The molecule has 1 N–H and O–H groups in total. The van der Waals surface area contributed by atoms with Crippen LogP contribution < -0.4 is 5.32 Å². The number of hydrogen-bond donors (Lipinski definition) is 1. The van der Waals surface area contributed by atoms with E-state index >= 15 is 0 Å². The fourth-order valence-electron chi connectivity index (χ4n) is 3.09. The van der Waals surface area contributed by atoms with Crippen molar-refractivity contribution in [2.45, 2.75) is 32.5 Å². The Labute approximate surface area is 147 Å². The molecular formula is C18H25N3O4. The van der Waals surface area contributed by atoms with Gasteiger partial charge in [-0.15, -0.1) is 0 Å². The number of hydrogen-bond acceptors (Lipinski definition) is 5. The summed E-state index contributed by atoms with van der Waals surface area (Å²) in [5, 5.41) is 2.82. The maximum absolute atomic E-state index is 12.7. The highest BCUT2D eigenvalue weighted by atomic mass is 16.7. The van der Waals surface area contributed by atoms with E-state index in [1.165, 1.54) is 6.20 Å². The molecule has 2 saturated heterocycles. The van der Waals surface area contributed by atoms with E-state index in [2.05, 4.69) is 10.3 Å². The quantitative estimate of drug-likeness (QED) is 0.891. The third-order valence-corrected chi connectivity index (χ3v) is 4.54. The minimum absolute atomic E-state index is 0.0897. The Morgan fingerprint density at radius 2 is 1.96 bits per heavy atom. The Bertz CT molecular complexity index is 631. The van der Waals surface area contributed by atoms with Crippen LogP contribution in [0.3, 0.4) is 0 Å². The van der Waals surface area contributed by atoms with Crippen LogP contribution in [0, 0.1) is 5.92 Å². The zero-order valence-electron chi connectivity index (χ0n) is 14.8. The number of carbonyl (C=O) groups excluding carboxylic acids is 2. The number of aromatic nitrogens is 1. The molecule has 0 aromatic carbocycles. The van der Waals surface area contributed by atoms with E-state index in [0.717, 1.165) is 0 Å². The average Bonchev–Trinajstić information content (AvgIpc) is 3.08. The maximum atomic E-state index is 12.7. The van der Waals surface area contributed by atoms with Gasteiger partial charge in [-0.1, -0.05) is 13.8 Å². The topological polar surface area (TPSA) is 80.8 Å². The first-order valence-electron chi connectivity index (χ1n) is 8.80. The molecule has 0 unspecified atom stereocenters. The molecule has 0 radical (unpaired) electrons. The smallest absolute Gasteiger partial charge is 0.269 e. The van der Waals surface area contributed by atoms with Gasteiger partial charge in [-0.2, -0.15) is 0 Å². The first-order chi connectivity index (χ1) is 12.0. The van der Waals surface area contributed by atoms with Gasteiger partial charge in [0.05, 0.1) is 13.2 Å². The second-order valence-corrected chi connectivity index (χ2v) is 6.93. The fraction of sp³-hybridized carbons (Fsp3) is 0.611. The molecule has 2 aliphatic heterocycles. The van der Waals surface area contributed by atoms with Gasteiger partial charge in [-0.05, 0) is 18.1 Å². The van der Waals surface area contributed by atoms with Gasteiger partial charge in [0, 0.05) is 44.2 Å². The Hall–Kier alpha value is -1.99. The summed E-state index contributed by atoms with van der Waals surface area (Å²) in [6.45, 7) is 7.02. The molecule has 7 heteroatoms. The molecule has 1 aromatic heterocycles. The summed E-state index contributed by atoms with van der Waals surface area (Å²) >= 11 is 0. The lowest BCUT2D eigenvalue weighted by atomic mass is 10.0. The van der Waals surface area contributed by atoms with Crippen molar-refractivity contribution in [3.8, 4) is 0 Å². The summed E-state index contributed by atoms with van der Waals surface area (Å²) in [7, 11) is 0. The Kier molecular flexibility index (Phi) is 5.34. The van der Waals surface area contributed by atoms with Crippen LogP contribution in [0.15, 0.2) is 18.3 Å². The van der Waals surface area contributed by atoms with E-state index in [4.69, 9.17) is 9.47 Å². The zero-order valence-corrected chi connectivity index (χ0v) is 14.8. The highest BCUT2D eigenvalue weighted by molar-refractivity contribution is 5.98. The molecule has 0 bridgehead atoms. The number of nitrogens with one attached hydrogen (secondary N) is 1. The molecule has 0 aliphatic carbocycles. The van der Waals surface area contributed by atoms with Crippen molar-refractivity contribution < 1.29 is 19.1 Å². The molecule has 2 amide bonds. The molecular weight excluding hydrogens is 322 g/mol. The number of ether oxygens (including phenoxy) is 2. The molecule has 1 aromatic rings. The summed E-state index contributed by atoms with van der Waals surface area (Å²) in [6.07, 6.45) is 2.85. The predicted octanol–water partition coefficient (Wildman–Crippen LogP) is 1.45. The van der Waals surface area contributed by atoms with Gasteiger partial charge < -0.3 is 19.7 Å². The van der Waals surface area contributed by atoms with E-state index in [9.17, 15) is 9.59 Å². The fourth-order valence-corrected chi connectivity index (χ4v) is 3.09. The van der Waals surface area contributed by atoms with Crippen molar-refractivity contribution in [2.75, 3.05) is 32.8 Å². The molecule has 1 spiro atoms. The van der Waals surface area contributed by atoms with Crippen LogP contribution in [0.1, 0.15) is 47.5 Å². The van der Waals surface area contributed by atoms with Crippen LogP contribution in [-0.4, -0.2) is 60.3 Å². The molecule has 3 rings (SSSR count). The van der Waals surface area contributed by atoms with Crippen molar-refractivity contribution in [3.05, 3.63) is 29.6 Å². The normalized spacial score (nSPS) is 19.4. The number of pyridine rings is 1. The number of nitrogens with zero attached hydrogens (tertiary/aromatic N) is 2. The molecule has 2 fully saturated rings. The van der Waals surface area contributed by atoms with Crippen LogP contribution in [0.2, 0.25) is 0 Å². The number of likely N-dealkylation sites (tertiary alicyclic amines) is 1. The molecule has 3 heterocycles. The number of carbonyl (C=O) groups is 2. The van der Waals surface area contributed by atoms with E-state index < -0.39 is 5.79 Å². The second-order valence-electron chi connectivity index (χ2n) is 6.93. The zero-order chi connectivity index (χ0) is 17.9. The minimum Gasteiger partial charge on any atom is -0.350 e. The van der Waals surface area contributed by atoms with Crippen LogP contribution in [0.5, 0.6) is 0 Å². The second kappa shape index (κ2) is 7.49. The third kappa shape index (κ3) is 4.16. The standard InChI is InChI=1S/C18H25N3O4/c1-13(2)12-20-16(22)15-11-14(3-6-19-15)17(23)21-7-4-18(5-8-21)24-9-10-25-18/h3,6,11,13H,4-5,7-10,12H2,1-2H3,(H,20,22). The molecule has 25 heavy (non-hydrogen) atoms. The number of rotatable bonds is 4. The maximum Gasteiger partial charge on any atom is 0.269 e. The molecule has 0 saturated carbocycles. The van der Waals surface area contributed by atoms with Gasteiger partial charge >= 0.3 is 0 Å². The SMILES string of the molecule is CC(C)CNC(=O)c1cc(C(=O)N2CCC3(CC2)OCCO3)ccn1. The molecule has 7 nitrogen and oxygen atoms in total. The lowest BCUT2D eigenvalue weighted by Gasteiger charge is -2.37.